The first-order chi connectivity index (χ1) is 30.4. The van der Waals surface area contributed by atoms with Gasteiger partial charge in [-0.15, -0.1) is 0 Å². The van der Waals surface area contributed by atoms with Crippen LogP contribution in [0.3, 0.4) is 0 Å². The van der Waals surface area contributed by atoms with Crippen molar-refractivity contribution in [3.05, 3.63) is 119 Å². The highest BCUT2D eigenvalue weighted by molar-refractivity contribution is 5.77. The van der Waals surface area contributed by atoms with Crippen molar-refractivity contribution in [2.45, 2.75) is 147 Å². The van der Waals surface area contributed by atoms with Crippen LogP contribution in [-0.2, 0) is 33.9 Å². The fraction of sp³-hybridized carbons (Fsp3) is 0.549. The average Bonchev–Trinajstić information content (AvgIpc) is 3.60. The normalized spacial score (nSPS) is 22.0. The van der Waals surface area contributed by atoms with Gasteiger partial charge in [-0.1, -0.05) is 111 Å². The van der Waals surface area contributed by atoms with E-state index in [2.05, 4.69) is 49.4 Å². The van der Waals surface area contributed by atoms with Gasteiger partial charge in [0, 0.05) is 11.8 Å². The van der Waals surface area contributed by atoms with Gasteiger partial charge in [0.2, 0.25) is 0 Å². The molecule has 350 valence electrons. The maximum Gasteiger partial charge on any atom is 0.460 e. The largest absolute Gasteiger partial charge is 0.489 e. The molecule has 5 atom stereocenters. The number of fused-ring (bicyclic) bond motifs is 5. The number of carbonyl (C=O) groups is 1. The molecule has 0 spiro atoms. The summed E-state index contributed by atoms with van der Waals surface area (Å²) in [6.45, 7) is 4.77. The molecule has 6 rings (SSSR count). The van der Waals surface area contributed by atoms with Crippen molar-refractivity contribution in [3.8, 4) is 5.75 Å². The lowest BCUT2D eigenvalue weighted by Gasteiger charge is -2.48. The van der Waals surface area contributed by atoms with Gasteiger partial charge in [-0.2, -0.15) is 39.5 Å². The van der Waals surface area contributed by atoms with E-state index in [0.717, 1.165) is 68.2 Å². The molecule has 3 aliphatic carbocycles. The Morgan fingerprint density at radius 2 is 1.45 bits per heavy atom. The van der Waals surface area contributed by atoms with Gasteiger partial charge in [-0.05, 0) is 123 Å². The van der Waals surface area contributed by atoms with E-state index in [1.807, 2.05) is 48.5 Å². The van der Waals surface area contributed by atoms with Crippen molar-refractivity contribution >= 4 is 11.5 Å². The summed E-state index contributed by atoms with van der Waals surface area (Å²) in [5, 5.41) is 0. The molecule has 1 saturated carbocycles. The average molecular weight is 907 g/mol. The summed E-state index contributed by atoms with van der Waals surface area (Å²) in [7, 11) is 0. The van der Waals surface area contributed by atoms with Crippen molar-refractivity contribution < 1.29 is 58.5 Å². The molecular formula is C51H59F9O4. The Hall–Kier alpha value is -4.26. The van der Waals surface area contributed by atoms with Gasteiger partial charge >= 0.3 is 29.9 Å². The van der Waals surface area contributed by atoms with Gasteiger partial charge in [-0.3, -0.25) is 4.79 Å². The monoisotopic (exact) mass is 906 g/mol. The first-order valence-electron chi connectivity index (χ1n) is 22.6. The minimum atomic E-state index is -6.96. The van der Waals surface area contributed by atoms with Crippen molar-refractivity contribution in [3.63, 3.8) is 0 Å². The van der Waals surface area contributed by atoms with Crippen LogP contribution in [0.5, 0.6) is 5.75 Å². The van der Waals surface area contributed by atoms with Crippen LogP contribution in [0.1, 0.15) is 120 Å². The molecule has 0 bridgehead atoms. The molecule has 3 aliphatic rings. The second-order valence-corrected chi connectivity index (χ2v) is 17.9. The van der Waals surface area contributed by atoms with E-state index in [9.17, 15) is 44.3 Å². The Bertz CT molecular complexity index is 2050. The zero-order chi connectivity index (χ0) is 46.2. The number of esters is 1. The smallest absolute Gasteiger partial charge is 0.460 e. The Kier molecular flexibility index (Phi) is 16.1. The minimum absolute atomic E-state index is 0.0192. The number of allylic oxidation sites excluding steroid dienone is 4. The number of carbonyl (C=O) groups excluding carboxylic acids is 1. The lowest BCUT2D eigenvalue weighted by molar-refractivity contribution is -0.396. The van der Waals surface area contributed by atoms with Crippen LogP contribution in [0.25, 0.3) is 5.57 Å². The Labute approximate surface area is 370 Å². The molecule has 4 nitrogen and oxygen atoms in total. The first kappa shape index (κ1) is 49.2. The summed E-state index contributed by atoms with van der Waals surface area (Å²) in [5.74, 6) is -20.0. The fourth-order valence-corrected chi connectivity index (χ4v) is 10.2. The molecule has 1 fully saturated rings. The standard InChI is InChI=1S/C51H59F9O4/c1-3-62-46(61)37(29-30-48(52,53)49(54,55)50(56,57)51(58,59)60)21-15-7-5-4-6-8-16-22-39-32-47(2)43(27-28-44(47)64-34-36-19-13-10-14-20-36)42-25-23-38-31-40(24-26-41(38)45(39)42)63-33-35-17-11-9-12-18-35/h8-14,16-20,24,26,31,37,42-44H,3-7,15,21-23,25,27-30,32-34H2,1-2H3/b16-8+/t37?,42?,43?,44-,47-/m0/s1. The van der Waals surface area contributed by atoms with Gasteiger partial charge in [0.05, 0.1) is 25.2 Å². The number of unbranched alkanes of at least 4 members (excludes halogenated alkanes) is 4. The zero-order valence-corrected chi connectivity index (χ0v) is 36.5. The summed E-state index contributed by atoms with van der Waals surface area (Å²) in [6, 6.07) is 26.9. The second-order valence-electron chi connectivity index (χ2n) is 17.9. The SMILES string of the molecule is CCOC(=O)C(CCCCCC/C=C/CC1=C2c3ccc(OCc4ccccc4)cc3CCC2C2CC[C@H](OCc3ccccc3)[C@@]2(C)C1)CCC(F)(F)C(F)(F)C(F)(F)C(F)(F)F. The molecule has 0 amide bonds. The highest BCUT2D eigenvalue weighted by Crippen LogP contribution is 2.62. The lowest BCUT2D eigenvalue weighted by atomic mass is 9.57. The van der Waals surface area contributed by atoms with E-state index in [1.54, 1.807) is 0 Å². The van der Waals surface area contributed by atoms with Crippen molar-refractivity contribution in [1.29, 1.82) is 0 Å². The molecule has 0 aliphatic heterocycles. The molecule has 0 heterocycles. The third-order valence-electron chi connectivity index (χ3n) is 13.6. The van der Waals surface area contributed by atoms with E-state index in [0.29, 0.717) is 44.3 Å². The van der Waals surface area contributed by atoms with Gasteiger partial charge in [-0.25, -0.2) is 0 Å². The highest BCUT2D eigenvalue weighted by atomic mass is 19.4. The van der Waals surface area contributed by atoms with Crippen LogP contribution >= 0.6 is 0 Å². The number of alkyl halides is 9. The van der Waals surface area contributed by atoms with Gasteiger partial charge in [0.1, 0.15) is 12.4 Å². The second kappa shape index (κ2) is 20.9. The molecule has 0 N–H and O–H groups in total. The van der Waals surface area contributed by atoms with Crippen molar-refractivity contribution in [1.82, 2.24) is 0 Å². The molecule has 0 saturated heterocycles. The summed E-state index contributed by atoms with van der Waals surface area (Å²) >= 11 is 0. The Morgan fingerprint density at radius 1 is 0.781 bits per heavy atom. The quantitative estimate of drug-likeness (QED) is 0.0436. The molecule has 0 aromatic heterocycles. The third-order valence-corrected chi connectivity index (χ3v) is 13.6. The maximum absolute atomic E-state index is 14.3. The number of rotatable bonds is 22. The lowest BCUT2D eigenvalue weighted by Crippen LogP contribution is -2.60. The van der Waals surface area contributed by atoms with E-state index in [-0.39, 0.29) is 24.5 Å². The van der Waals surface area contributed by atoms with E-state index in [4.69, 9.17) is 14.2 Å². The topological polar surface area (TPSA) is 44.8 Å². The molecule has 3 aromatic rings. The highest BCUT2D eigenvalue weighted by Gasteiger charge is 2.81. The van der Waals surface area contributed by atoms with Crippen molar-refractivity contribution in [2.75, 3.05) is 6.61 Å². The van der Waals surface area contributed by atoms with Gasteiger partial charge < -0.3 is 14.2 Å². The predicted molar refractivity (Wildman–Crippen MR) is 228 cm³/mol. The van der Waals surface area contributed by atoms with E-state index < -0.39 is 48.7 Å². The fourth-order valence-electron chi connectivity index (χ4n) is 10.2. The Morgan fingerprint density at radius 3 is 2.12 bits per heavy atom. The summed E-state index contributed by atoms with van der Waals surface area (Å²) in [6.07, 6.45) is 3.43. The number of benzene rings is 3. The van der Waals surface area contributed by atoms with Crippen LogP contribution in [0.2, 0.25) is 0 Å². The molecule has 3 aromatic carbocycles. The number of aryl methyl sites for hydroxylation is 1. The van der Waals surface area contributed by atoms with Crippen LogP contribution in [-0.4, -0.2) is 42.6 Å². The predicted octanol–water partition coefficient (Wildman–Crippen LogP) is 14.7. The summed E-state index contributed by atoms with van der Waals surface area (Å²) < 4.78 is 139. The number of ether oxygens (including phenoxy) is 3. The Balaban J connectivity index is 1.07. The molecular weight excluding hydrogens is 848 g/mol. The molecule has 0 radical (unpaired) electrons. The van der Waals surface area contributed by atoms with Gasteiger partial charge in [0.15, 0.2) is 0 Å². The number of hydrogen-bond donors (Lipinski definition) is 0. The van der Waals surface area contributed by atoms with Crippen LogP contribution in [0.4, 0.5) is 39.5 Å². The minimum Gasteiger partial charge on any atom is -0.489 e. The van der Waals surface area contributed by atoms with Crippen LogP contribution < -0.4 is 4.74 Å². The van der Waals surface area contributed by atoms with Crippen LogP contribution in [0.15, 0.2) is 96.6 Å². The number of hydrogen-bond acceptors (Lipinski definition) is 4. The maximum atomic E-state index is 14.3. The summed E-state index contributed by atoms with van der Waals surface area (Å²) in [5.41, 5.74) is 7.73. The summed E-state index contributed by atoms with van der Waals surface area (Å²) in [4.78, 5) is 12.5. The van der Waals surface area contributed by atoms with E-state index in [1.165, 1.54) is 29.2 Å². The molecule has 64 heavy (non-hydrogen) atoms. The van der Waals surface area contributed by atoms with Crippen LogP contribution in [0, 0.1) is 23.2 Å². The van der Waals surface area contributed by atoms with Crippen molar-refractivity contribution in [2.24, 2.45) is 23.2 Å². The molecule has 3 unspecified atom stereocenters. The molecule has 13 heteroatoms. The first-order valence-corrected chi connectivity index (χ1v) is 22.6. The number of halogens is 9. The van der Waals surface area contributed by atoms with Gasteiger partial charge in [0.25, 0.3) is 0 Å². The zero-order valence-electron chi connectivity index (χ0n) is 36.5. The third kappa shape index (κ3) is 11.0. The van der Waals surface area contributed by atoms with E-state index >= 15 is 0 Å².